The van der Waals surface area contributed by atoms with Crippen molar-refractivity contribution in [3.8, 4) is 11.5 Å². The second-order valence-electron chi connectivity index (χ2n) is 6.94. The van der Waals surface area contributed by atoms with Crippen molar-refractivity contribution in [2.45, 2.75) is 25.7 Å². The van der Waals surface area contributed by atoms with Crippen LogP contribution in [0.25, 0.3) is 0 Å². The van der Waals surface area contributed by atoms with Crippen molar-refractivity contribution in [2.75, 3.05) is 45.7 Å². The molecule has 3 amide bonds. The Hall–Kier alpha value is -2.15. The van der Waals surface area contributed by atoms with Crippen molar-refractivity contribution < 1.29 is 19.1 Å². The van der Waals surface area contributed by atoms with Gasteiger partial charge in [0.15, 0.2) is 0 Å². The maximum absolute atomic E-state index is 12.8. The van der Waals surface area contributed by atoms with E-state index >= 15 is 0 Å². The Morgan fingerprint density at radius 2 is 1.70 bits per heavy atom. The highest BCUT2D eigenvalue weighted by Gasteiger charge is 2.32. The van der Waals surface area contributed by atoms with E-state index in [0.717, 1.165) is 38.8 Å². The van der Waals surface area contributed by atoms with Crippen LogP contribution in [0.3, 0.4) is 0 Å². The number of hydrogen-bond acceptors (Lipinski definition) is 4. The van der Waals surface area contributed by atoms with Crippen molar-refractivity contribution >= 4 is 29.2 Å². The molecule has 1 atom stereocenters. The van der Waals surface area contributed by atoms with Gasteiger partial charge in [-0.2, -0.15) is 0 Å². The van der Waals surface area contributed by atoms with E-state index in [9.17, 15) is 9.59 Å². The molecule has 1 aromatic rings. The number of anilines is 1. The highest BCUT2D eigenvalue weighted by atomic mass is 35.5. The summed E-state index contributed by atoms with van der Waals surface area (Å²) in [6.07, 6.45) is 3.69. The van der Waals surface area contributed by atoms with E-state index in [1.54, 1.807) is 17.0 Å². The van der Waals surface area contributed by atoms with Gasteiger partial charge in [0.25, 0.3) is 0 Å². The molecule has 0 radical (unpaired) electrons. The van der Waals surface area contributed by atoms with Gasteiger partial charge in [-0.05, 0) is 25.7 Å². The number of hydrogen-bond donors (Lipinski definition) is 1. The molecule has 0 bridgehead atoms. The average Bonchev–Trinajstić information content (AvgIpc) is 3.23. The van der Waals surface area contributed by atoms with Crippen LogP contribution in [-0.2, 0) is 4.79 Å². The maximum Gasteiger partial charge on any atom is 0.320 e. The van der Waals surface area contributed by atoms with Gasteiger partial charge in [-0.1, -0.05) is 11.6 Å². The molecule has 1 N–H and O–H groups in total. The molecule has 0 aromatic heterocycles. The minimum atomic E-state index is -0.253. The smallest absolute Gasteiger partial charge is 0.320 e. The molecule has 0 saturated carbocycles. The third kappa shape index (κ3) is 4.40. The van der Waals surface area contributed by atoms with Gasteiger partial charge in [0, 0.05) is 38.3 Å². The average molecular weight is 396 g/mol. The number of ether oxygens (including phenoxy) is 2. The van der Waals surface area contributed by atoms with Crippen LogP contribution >= 0.6 is 11.6 Å². The fraction of sp³-hybridized carbons (Fsp3) is 0.579. The minimum absolute atomic E-state index is 0.0516. The Morgan fingerprint density at radius 1 is 1.04 bits per heavy atom. The van der Waals surface area contributed by atoms with Gasteiger partial charge in [-0.3, -0.25) is 4.79 Å². The Labute approximate surface area is 164 Å². The van der Waals surface area contributed by atoms with E-state index in [0.29, 0.717) is 35.3 Å². The highest BCUT2D eigenvalue weighted by molar-refractivity contribution is 6.32. The van der Waals surface area contributed by atoms with E-state index in [1.807, 2.05) is 4.90 Å². The van der Waals surface area contributed by atoms with Gasteiger partial charge in [0.2, 0.25) is 5.91 Å². The van der Waals surface area contributed by atoms with E-state index in [1.165, 1.54) is 14.2 Å². The van der Waals surface area contributed by atoms with Gasteiger partial charge >= 0.3 is 6.03 Å². The third-order valence-corrected chi connectivity index (χ3v) is 5.47. The highest BCUT2D eigenvalue weighted by Crippen LogP contribution is 2.36. The van der Waals surface area contributed by atoms with Crippen molar-refractivity contribution in [1.82, 2.24) is 9.80 Å². The number of carbonyl (C=O) groups is 2. The van der Waals surface area contributed by atoms with E-state index < -0.39 is 0 Å². The zero-order chi connectivity index (χ0) is 19.4. The van der Waals surface area contributed by atoms with Crippen molar-refractivity contribution in [3.63, 3.8) is 0 Å². The van der Waals surface area contributed by atoms with Gasteiger partial charge < -0.3 is 24.6 Å². The molecule has 8 heteroatoms. The first kappa shape index (κ1) is 19.6. The number of carbonyl (C=O) groups excluding carboxylic acids is 2. The molecular weight excluding hydrogens is 370 g/mol. The monoisotopic (exact) mass is 395 g/mol. The molecule has 1 unspecified atom stereocenters. The lowest BCUT2D eigenvalue weighted by molar-refractivity contribution is -0.121. The first-order chi connectivity index (χ1) is 13.0. The molecule has 2 heterocycles. The van der Waals surface area contributed by atoms with Crippen LogP contribution in [0.5, 0.6) is 11.5 Å². The number of benzene rings is 1. The fourth-order valence-corrected chi connectivity index (χ4v) is 3.90. The molecular formula is C19H26ClN3O4. The van der Waals surface area contributed by atoms with Crippen LogP contribution in [0, 0.1) is 5.92 Å². The topological polar surface area (TPSA) is 71.1 Å². The van der Waals surface area contributed by atoms with Crippen LogP contribution in [-0.4, -0.2) is 62.1 Å². The zero-order valence-electron chi connectivity index (χ0n) is 15.8. The van der Waals surface area contributed by atoms with Crippen molar-refractivity contribution in [3.05, 3.63) is 17.2 Å². The summed E-state index contributed by atoms with van der Waals surface area (Å²) in [5, 5.41) is 3.32. The summed E-state index contributed by atoms with van der Waals surface area (Å²) in [5.74, 6) is 0.547. The lowest BCUT2D eigenvalue weighted by Gasteiger charge is -2.34. The summed E-state index contributed by atoms with van der Waals surface area (Å²) in [6, 6.07) is 3.31. The Balaban J connectivity index is 1.68. The molecule has 27 heavy (non-hydrogen) atoms. The predicted molar refractivity (Wildman–Crippen MR) is 104 cm³/mol. The van der Waals surface area contributed by atoms with Gasteiger partial charge in [-0.15, -0.1) is 0 Å². The number of halogens is 1. The van der Waals surface area contributed by atoms with Gasteiger partial charge in [0.1, 0.15) is 11.5 Å². The standard InChI is InChI=1S/C19H26ClN3O4/c1-26-16-11-15(17(27-2)10-14(16)20)21-18(24)13-6-5-9-23(12-13)19(25)22-7-3-4-8-22/h10-11,13H,3-9,12H2,1-2H3,(H,21,24). The van der Waals surface area contributed by atoms with Crippen molar-refractivity contribution in [2.24, 2.45) is 5.92 Å². The summed E-state index contributed by atoms with van der Waals surface area (Å²) in [5.41, 5.74) is 0.506. The van der Waals surface area contributed by atoms with Crippen molar-refractivity contribution in [1.29, 1.82) is 0 Å². The maximum atomic E-state index is 12.8. The summed E-state index contributed by atoms with van der Waals surface area (Å²) >= 11 is 6.12. The number of urea groups is 1. The first-order valence-electron chi connectivity index (χ1n) is 9.29. The normalized spacial score (nSPS) is 19.7. The summed E-state index contributed by atoms with van der Waals surface area (Å²) in [4.78, 5) is 29.1. The van der Waals surface area contributed by atoms with Crippen LogP contribution in [0.4, 0.5) is 10.5 Å². The Morgan fingerprint density at radius 3 is 2.37 bits per heavy atom. The lowest BCUT2D eigenvalue weighted by atomic mass is 9.97. The molecule has 0 spiro atoms. The largest absolute Gasteiger partial charge is 0.495 e. The molecule has 2 aliphatic rings. The number of piperidine rings is 1. The predicted octanol–water partition coefficient (Wildman–Crippen LogP) is 3.22. The molecule has 2 saturated heterocycles. The second kappa shape index (κ2) is 8.69. The fourth-order valence-electron chi connectivity index (χ4n) is 3.67. The van der Waals surface area contributed by atoms with Crippen LogP contribution < -0.4 is 14.8 Å². The SMILES string of the molecule is COc1cc(NC(=O)C2CCCN(C(=O)N3CCCC3)C2)c(OC)cc1Cl. The van der Waals surface area contributed by atoms with Gasteiger partial charge in [-0.25, -0.2) is 4.79 Å². The summed E-state index contributed by atoms with van der Waals surface area (Å²) in [7, 11) is 3.03. The first-order valence-corrected chi connectivity index (χ1v) is 9.67. The second-order valence-corrected chi connectivity index (χ2v) is 7.35. The summed E-state index contributed by atoms with van der Waals surface area (Å²) in [6.45, 7) is 2.77. The molecule has 7 nitrogen and oxygen atoms in total. The number of nitrogens with one attached hydrogen (secondary N) is 1. The minimum Gasteiger partial charge on any atom is -0.495 e. The molecule has 2 fully saturated rings. The molecule has 1 aromatic carbocycles. The number of nitrogens with zero attached hydrogens (tertiary/aromatic N) is 2. The third-order valence-electron chi connectivity index (χ3n) is 5.17. The van der Waals surface area contributed by atoms with Crippen LogP contribution in [0.2, 0.25) is 5.02 Å². The van der Waals surface area contributed by atoms with Crippen LogP contribution in [0.1, 0.15) is 25.7 Å². The van der Waals surface area contributed by atoms with Gasteiger partial charge in [0.05, 0.1) is 30.8 Å². The molecule has 2 aliphatic heterocycles. The number of methoxy groups -OCH3 is 2. The molecule has 148 valence electrons. The van der Waals surface area contributed by atoms with Crippen LogP contribution in [0.15, 0.2) is 12.1 Å². The number of amides is 3. The van der Waals surface area contributed by atoms with E-state index in [-0.39, 0.29) is 17.9 Å². The number of likely N-dealkylation sites (tertiary alicyclic amines) is 2. The Bertz CT molecular complexity index is 706. The zero-order valence-corrected chi connectivity index (χ0v) is 16.6. The molecule has 0 aliphatic carbocycles. The summed E-state index contributed by atoms with van der Waals surface area (Å²) < 4.78 is 10.5. The number of rotatable bonds is 4. The lowest BCUT2D eigenvalue weighted by Crippen LogP contribution is -2.48. The van der Waals surface area contributed by atoms with E-state index in [2.05, 4.69) is 5.32 Å². The quantitative estimate of drug-likeness (QED) is 0.849. The Kier molecular flexibility index (Phi) is 6.31. The molecule has 3 rings (SSSR count). The van der Waals surface area contributed by atoms with E-state index in [4.69, 9.17) is 21.1 Å².